The molecule has 0 spiro atoms. The van der Waals surface area contributed by atoms with Gasteiger partial charge in [-0.05, 0) is 71.8 Å². The predicted octanol–water partition coefficient (Wildman–Crippen LogP) is 5.47. The maximum atomic E-state index is 13.9. The molecule has 6 nitrogen and oxygen atoms in total. The summed E-state index contributed by atoms with van der Waals surface area (Å²) in [6, 6.07) is 20.7. The highest BCUT2D eigenvalue weighted by Crippen LogP contribution is 2.39. The Morgan fingerprint density at radius 1 is 1.08 bits per heavy atom. The zero-order chi connectivity index (χ0) is 25.1. The molecule has 7 heteroatoms. The number of fused-ring (bicyclic) bond motifs is 1. The lowest BCUT2D eigenvalue weighted by Crippen LogP contribution is -2.46. The van der Waals surface area contributed by atoms with Gasteiger partial charge in [0.1, 0.15) is 18.1 Å². The number of furan rings is 1. The highest BCUT2D eigenvalue weighted by molar-refractivity contribution is 7.10. The topological polar surface area (TPSA) is 63.0 Å². The van der Waals surface area contributed by atoms with Crippen LogP contribution in [0.4, 0.5) is 0 Å². The van der Waals surface area contributed by atoms with Crippen molar-refractivity contribution in [2.45, 2.75) is 25.9 Å². The molecule has 0 unspecified atom stereocenters. The number of hydrogen-bond donors (Lipinski definition) is 0. The molecule has 1 aliphatic rings. The largest absolute Gasteiger partial charge is 0.497 e. The van der Waals surface area contributed by atoms with Crippen LogP contribution < -0.4 is 4.74 Å². The zero-order valence-corrected chi connectivity index (χ0v) is 21.2. The second-order valence-electron chi connectivity index (χ2n) is 8.87. The minimum atomic E-state index is -0.251. The van der Waals surface area contributed by atoms with Crippen molar-refractivity contribution in [3.05, 3.63) is 111 Å². The molecule has 2 amide bonds. The molecule has 3 heterocycles. The van der Waals surface area contributed by atoms with E-state index in [1.165, 1.54) is 10.4 Å². The van der Waals surface area contributed by atoms with Gasteiger partial charge in [-0.1, -0.05) is 30.3 Å². The highest BCUT2D eigenvalue weighted by Gasteiger charge is 2.35. The summed E-state index contributed by atoms with van der Waals surface area (Å²) in [6.45, 7) is 2.82. The third-order valence-electron chi connectivity index (χ3n) is 6.63. The van der Waals surface area contributed by atoms with Crippen molar-refractivity contribution in [3.63, 3.8) is 0 Å². The molecule has 0 aliphatic carbocycles. The fourth-order valence-electron chi connectivity index (χ4n) is 4.80. The summed E-state index contributed by atoms with van der Waals surface area (Å²) >= 11 is 1.74. The van der Waals surface area contributed by atoms with Crippen LogP contribution in [0.25, 0.3) is 0 Å². The van der Waals surface area contributed by atoms with Crippen LogP contribution in [0.1, 0.15) is 43.7 Å². The number of hydrogen-bond acceptors (Lipinski definition) is 5. The van der Waals surface area contributed by atoms with E-state index in [1.807, 2.05) is 23.1 Å². The number of nitrogens with zero attached hydrogens (tertiary/aromatic N) is 2. The van der Waals surface area contributed by atoms with Crippen molar-refractivity contribution >= 4 is 23.2 Å². The van der Waals surface area contributed by atoms with Gasteiger partial charge in [-0.15, -0.1) is 11.3 Å². The molecule has 1 aliphatic heterocycles. The Morgan fingerprint density at radius 3 is 2.72 bits per heavy atom. The SMILES string of the molecule is COc1cccc(C(=O)N(CC(=O)N2CCc3sccc3[C@H]2c2ccccc2C)Cc2ccco2)c1. The summed E-state index contributed by atoms with van der Waals surface area (Å²) in [6.07, 6.45) is 2.38. The third kappa shape index (κ3) is 4.79. The van der Waals surface area contributed by atoms with Gasteiger partial charge < -0.3 is 19.0 Å². The second kappa shape index (κ2) is 10.4. The quantitative estimate of drug-likeness (QED) is 0.337. The van der Waals surface area contributed by atoms with Gasteiger partial charge in [0.2, 0.25) is 5.91 Å². The maximum Gasteiger partial charge on any atom is 0.254 e. The fraction of sp³-hybridized carbons (Fsp3) is 0.241. The zero-order valence-electron chi connectivity index (χ0n) is 20.3. The molecule has 2 aromatic heterocycles. The number of rotatable bonds is 7. The number of ether oxygens (including phenoxy) is 1. The lowest BCUT2D eigenvalue weighted by molar-refractivity contribution is -0.134. The normalized spacial score (nSPS) is 14.8. The molecular formula is C29H28N2O4S. The van der Waals surface area contributed by atoms with E-state index in [-0.39, 0.29) is 30.9 Å². The van der Waals surface area contributed by atoms with Crippen molar-refractivity contribution in [1.29, 1.82) is 0 Å². The van der Waals surface area contributed by atoms with Crippen LogP contribution in [0.2, 0.25) is 0 Å². The van der Waals surface area contributed by atoms with Gasteiger partial charge >= 0.3 is 0 Å². The Bertz CT molecular complexity index is 1360. The maximum absolute atomic E-state index is 13.9. The molecular weight excluding hydrogens is 472 g/mol. The van der Waals surface area contributed by atoms with E-state index < -0.39 is 0 Å². The molecule has 1 atom stereocenters. The molecule has 0 radical (unpaired) electrons. The molecule has 4 aromatic rings. The number of aryl methyl sites for hydroxylation is 1. The van der Waals surface area contributed by atoms with E-state index in [9.17, 15) is 9.59 Å². The van der Waals surface area contributed by atoms with Crippen LogP contribution in [0, 0.1) is 6.92 Å². The summed E-state index contributed by atoms with van der Waals surface area (Å²) in [5.74, 6) is 0.862. The Morgan fingerprint density at radius 2 is 1.94 bits per heavy atom. The minimum absolute atomic E-state index is 0.0569. The number of benzene rings is 2. The third-order valence-corrected chi connectivity index (χ3v) is 7.62. The van der Waals surface area contributed by atoms with Crippen molar-refractivity contribution in [2.75, 3.05) is 20.2 Å². The minimum Gasteiger partial charge on any atom is -0.497 e. The van der Waals surface area contributed by atoms with E-state index in [4.69, 9.17) is 9.15 Å². The van der Waals surface area contributed by atoms with Gasteiger partial charge in [0.05, 0.1) is 26.0 Å². The van der Waals surface area contributed by atoms with E-state index in [1.54, 1.807) is 59.9 Å². The van der Waals surface area contributed by atoms with Gasteiger partial charge in [-0.25, -0.2) is 0 Å². The average Bonchev–Trinajstić information content (AvgIpc) is 3.60. The van der Waals surface area contributed by atoms with Crippen LogP contribution in [0.5, 0.6) is 5.75 Å². The Kier molecular flexibility index (Phi) is 6.91. The summed E-state index contributed by atoms with van der Waals surface area (Å²) in [4.78, 5) is 32.3. The summed E-state index contributed by atoms with van der Waals surface area (Å²) in [7, 11) is 1.56. The van der Waals surface area contributed by atoms with Crippen molar-refractivity contribution < 1.29 is 18.7 Å². The van der Waals surface area contributed by atoms with Crippen molar-refractivity contribution in [1.82, 2.24) is 9.80 Å². The first-order valence-electron chi connectivity index (χ1n) is 11.9. The van der Waals surface area contributed by atoms with Gasteiger partial charge in [0.25, 0.3) is 5.91 Å². The number of thiophene rings is 1. The molecule has 2 aromatic carbocycles. The first kappa shape index (κ1) is 23.9. The standard InChI is InChI=1S/C29H28N2O4S/c1-20-7-3-4-11-24(20)28-25-13-16-36-26(25)12-14-31(28)27(32)19-30(18-23-10-6-15-35-23)29(33)21-8-5-9-22(17-21)34-2/h3-11,13,15-17,28H,12,14,18-19H2,1-2H3/t28-/m1/s1. The number of methoxy groups -OCH3 is 1. The molecule has 0 bridgehead atoms. The molecule has 0 saturated heterocycles. The number of carbonyl (C=O) groups excluding carboxylic acids is 2. The number of carbonyl (C=O) groups is 2. The van der Waals surface area contributed by atoms with Crippen LogP contribution in [0.3, 0.4) is 0 Å². The Hall–Kier alpha value is -3.84. The number of amides is 2. The monoisotopic (exact) mass is 500 g/mol. The van der Waals surface area contributed by atoms with Crippen LogP contribution in [0.15, 0.2) is 82.8 Å². The van der Waals surface area contributed by atoms with Gasteiger partial charge in [0, 0.05) is 17.0 Å². The van der Waals surface area contributed by atoms with E-state index in [0.717, 1.165) is 17.5 Å². The fourth-order valence-corrected chi connectivity index (χ4v) is 5.70. The highest BCUT2D eigenvalue weighted by atomic mass is 32.1. The Labute approximate surface area is 214 Å². The average molecular weight is 501 g/mol. The summed E-state index contributed by atoms with van der Waals surface area (Å²) in [5, 5.41) is 2.10. The molecule has 0 fully saturated rings. The molecule has 184 valence electrons. The van der Waals surface area contributed by atoms with E-state index in [0.29, 0.717) is 23.6 Å². The van der Waals surface area contributed by atoms with E-state index >= 15 is 0 Å². The first-order chi connectivity index (χ1) is 17.5. The second-order valence-corrected chi connectivity index (χ2v) is 9.87. The van der Waals surface area contributed by atoms with Crippen molar-refractivity contribution in [3.8, 4) is 5.75 Å². The predicted molar refractivity (Wildman–Crippen MR) is 139 cm³/mol. The van der Waals surface area contributed by atoms with E-state index in [2.05, 4.69) is 30.5 Å². The van der Waals surface area contributed by atoms with Crippen molar-refractivity contribution in [2.24, 2.45) is 0 Å². The molecule has 5 rings (SSSR count). The van der Waals surface area contributed by atoms with Gasteiger partial charge in [-0.2, -0.15) is 0 Å². The summed E-state index contributed by atoms with van der Waals surface area (Å²) < 4.78 is 10.8. The van der Waals surface area contributed by atoms with Crippen LogP contribution in [-0.2, 0) is 17.8 Å². The van der Waals surface area contributed by atoms with Gasteiger partial charge in [-0.3, -0.25) is 9.59 Å². The summed E-state index contributed by atoms with van der Waals surface area (Å²) in [5.41, 5.74) is 3.88. The van der Waals surface area contributed by atoms with Crippen LogP contribution in [-0.4, -0.2) is 41.8 Å². The van der Waals surface area contributed by atoms with Gasteiger partial charge in [0.15, 0.2) is 0 Å². The lowest BCUT2D eigenvalue weighted by atomic mass is 9.90. The molecule has 0 saturated carbocycles. The molecule has 36 heavy (non-hydrogen) atoms. The lowest BCUT2D eigenvalue weighted by Gasteiger charge is -2.38. The molecule has 0 N–H and O–H groups in total. The van der Waals surface area contributed by atoms with Crippen LogP contribution >= 0.6 is 11.3 Å². The Balaban J connectivity index is 1.46. The smallest absolute Gasteiger partial charge is 0.254 e. The first-order valence-corrected chi connectivity index (χ1v) is 12.8.